The second-order valence-electron chi connectivity index (χ2n) is 6.19. The van der Waals surface area contributed by atoms with Crippen molar-refractivity contribution in [1.29, 1.82) is 5.26 Å². The molecule has 0 aromatic heterocycles. The Labute approximate surface area is 114 Å². The van der Waals surface area contributed by atoms with Gasteiger partial charge in [0.15, 0.2) is 0 Å². The fraction of sp³-hybridized carbons (Fsp3) is 0.562. The Morgan fingerprint density at radius 3 is 2.84 bits per heavy atom. The third-order valence-corrected chi connectivity index (χ3v) is 4.98. The summed E-state index contributed by atoms with van der Waals surface area (Å²) in [5.74, 6) is 2.62. The minimum atomic E-state index is 0.436. The monoisotopic (exact) mass is 255 g/mol. The number of fused-ring (bicyclic) bond motifs is 2. The fourth-order valence-electron chi connectivity index (χ4n) is 4.04. The second-order valence-corrected chi connectivity index (χ2v) is 6.19. The first-order valence-corrected chi connectivity index (χ1v) is 7.23. The Morgan fingerprint density at radius 2 is 2.21 bits per heavy atom. The van der Waals surface area contributed by atoms with Crippen LogP contribution < -0.4 is 11.1 Å². The first-order chi connectivity index (χ1) is 9.17. The molecule has 2 bridgehead atoms. The van der Waals surface area contributed by atoms with Crippen molar-refractivity contribution in [3.8, 4) is 6.07 Å². The molecule has 3 N–H and O–H groups in total. The van der Waals surface area contributed by atoms with Crippen molar-refractivity contribution in [3.05, 3.63) is 23.8 Å². The van der Waals surface area contributed by atoms with Crippen LogP contribution in [-0.4, -0.2) is 6.04 Å². The van der Waals surface area contributed by atoms with Gasteiger partial charge in [0.25, 0.3) is 0 Å². The number of nitriles is 1. The third kappa shape index (κ3) is 2.28. The molecule has 2 saturated carbocycles. The molecule has 19 heavy (non-hydrogen) atoms. The molecule has 2 fully saturated rings. The van der Waals surface area contributed by atoms with Crippen LogP contribution >= 0.6 is 0 Å². The zero-order chi connectivity index (χ0) is 13.4. The highest BCUT2D eigenvalue weighted by molar-refractivity contribution is 5.63. The minimum absolute atomic E-state index is 0.436. The van der Waals surface area contributed by atoms with E-state index in [1.807, 2.05) is 12.1 Å². The molecule has 0 amide bonds. The number of rotatable bonds is 3. The number of nitrogens with one attached hydrogen (secondary N) is 1. The van der Waals surface area contributed by atoms with E-state index >= 15 is 0 Å². The van der Waals surface area contributed by atoms with E-state index in [-0.39, 0.29) is 0 Å². The number of anilines is 2. The van der Waals surface area contributed by atoms with Gasteiger partial charge in [-0.25, -0.2) is 0 Å². The number of nitrogen functional groups attached to an aromatic ring is 1. The molecular weight excluding hydrogens is 234 g/mol. The van der Waals surface area contributed by atoms with Crippen LogP contribution in [0.3, 0.4) is 0 Å². The first-order valence-electron chi connectivity index (χ1n) is 7.23. The Bertz CT molecular complexity index is 517. The lowest BCUT2D eigenvalue weighted by molar-refractivity contribution is 0.304. The molecule has 3 nitrogen and oxygen atoms in total. The molecule has 1 aromatic rings. The number of nitrogens with zero attached hydrogens (tertiary/aromatic N) is 1. The SMILES string of the molecule is CC(Nc1ccc(N)cc1C#N)C1CC2CCC1C2. The van der Waals surface area contributed by atoms with Gasteiger partial charge in [-0.2, -0.15) is 5.26 Å². The van der Waals surface area contributed by atoms with Gasteiger partial charge in [-0.1, -0.05) is 6.42 Å². The summed E-state index contributed by atoms with van der Waals surface area (Å²) in [4.78, 5) is 0. The highest BCUT2D eigenvalue weighted by atomic mass is 14.9. The van der Waals surface area contributed by atoms with E-state index in [4.69, 9.17) is 5.73 Å². The Hall–Kier alpha value is -1.69. The fourth-order valence-corrected chi connectivity index (χ4v) is 4.04. The van der Waals surface area contributed by atoms with Crippen LogP contribution in [-0.2, 0) is 0 Å². The topological polar surface area (TPSA) is 61.8 Å². The van der Waals surface area contributed by atoms with Crippen LogP contribution in [0.1, 0.15) is 38.2 Å². The van der Waals surface area contributed by atoms with Gasteiger partial charge in [0.1, 0.15) is 6.07 Å². The lowest BCUT2D eigenvalue weighted by atomic mass is 9.84. The summed E-state index contributed by atoms with van der Waals surface area (Å²) in [6, 6.07) is 8.19. The van der Waals surface area contributed by atoms with E-state index in [9.17, 15) is 5.26 Å². The first kappa shape index (κ1) is 12.3. The molecule has 0 radical (unpaired) electrons. The second kappa shape index (κ2) is 4.77. The molecule has 0 heterocycles. The maximum absolute atomic E-state index is 9.18. The van der Waals surface area contributed by atoms with E-state index < -0.39 is 0 Å². The molecule has 100 valence electrons. The van der Waals surface area contributed by atoms with E-state index in [0.717, 1.165) is 23.4 Å². The van der Waals surface area contributed by atoms with Gasteiger partial charge in [-0.3, -0.25) is 0 Å². The van der Waals surface area contributed by atoms with Crippen molar-refractivity contribution in [2.24, 2.45) is 17.8 Å². The van der Waals surface area contributed by atoms with Gasteiger partial charge >= 0.3 is 0 Å². The lowest BCUT2D eigenvalue weighted by Crippen LogP contribution is -2.30. The summed E-state index contributed by atoms with van der Waals surface area (Å²) in [5, 5.41) is 12.7. The van der Waals surface area contributed by atoms with Gasteiger partial charge in [0, 0.05) is 11.7 Å². The third-order valence-electron chi connectivity index (χ3n) is 4.98. The zero-order valence-corrected chi connectivity index (χ0v) is 11.4. The van der Waals surface area contributed by atoms with Gasteiger partial charge in [0.05, 0.1) is 11.3 Å². The summed E-state index contributed by atoms with van der Waals surface area (Å²) >= 11 is 0. The predicted octanol–water partition coefficient (Wildman–Crippen LogP) is 3.38. The standard InChI is InChI=1S/C16H21N3/c1-10(15-7-11-2-3-12(15)6-11)19-16-5-4-14(18)8-13(16)9-17/h4-5,8,10-12,15,19H,2-3,6-7,18H2,1H3. The normalized spacial score (nSPS) is 30.0. The van der Waals surface area contributed by atoms with Crippen molar-refractivity contribution in [2.45, 2.75) is 38.6 Å². The highest BCUT2D eigenvalue weighted by Crippen LogP contribution is 2.49. The molecule has 1 aromatic carbocycles. The Kier molecular flexibility index (Phi) is 3.10. The number of benzene rings is 1. The average molecular weight is 255 g/mol. The molecule has 0 saturated heterocycles. The zero-order valence-electron chi connectivity index (χ0n) is 11.4. The lowest BCUT2D eigenvalue weighted by Gasteiger charge is -2.29. The number of hydrogen-bond acceptors (Lipinski definition) is 3. The minimum Gasteiger partial charge on any atom is -0.399 e. The summed E-state index contributed by atoms with van der Waals surface area (Å²) in [6.45, 7) is 2.25. The van der Waals surface area contributed by atoms with Crippen LogP contribution in [0.15, 0.2) is 18.2 Å². The van der Waals surface area contributed by atoms with Crippen LogP contribution in [0.5, 0.6) is 0 Å². The molecular formula is C16H21N3. The maximum atomic E-state index is 9.18. The van der Waals surface area contributed by atoms with E-state index in [1.165, 1.54) is 25.7 Å². The van der Waals surface area contributed by atoms with Crippen molar-refractivity contribution in [1.82, 2.24) is 0 Å². The van der Waals surface area contributed by atoms with Crippen LogP contribution in [0, 0.1) is 29.1 Å². The van der Waals surface area contributed by atoms with Gasteiger partial charge < -0.3 is 11.1 Å². The number of nitrogens with two attached hydrogens (primary N) is 1. The van der Waals surface area contributed by atoms with Crippen LogP contribution in [0.2, 0.25) is 0 Å². The van der Waals surface area contributed by atoms with Gasteiger partial charge in [0.2, 0.25) is 0 Å². The quantitative estimate of drug-likeness (QED) is 0.814. The molecule has 3 rings (SSSR count). The Balaban J connectivity index is 1.73. The van der Waals surface area contributed by atoms with Gasteiger partial charge in [-0.15, -0.1) is 0 Å². The van der Waals surface area contributed by atoms with Crippen molar-refractivity contribution < 1.29 is 0 Å². The van der Waals surface area contributed by atoms with Gasteiger partial charge in [-0.05, 0) is 62.1 Å². The molecule has 4 atom stereocenters. The summed E-state index contributed by atoms with van der Waals surface area (Å²) in [7, 11) is 0. The maximum Gasteiger partial charge on any atom is 0.101 e. The highest BCUT2D eigenvalue weighted by Gasteiger charge is 2.41. The van der Waals surface area contributed by atoms with Crippen molar-refractivity contribution in [3.63, 3.8) is 0 Å². The Morgan fingerprint density at radius 1 is 1.37 bits per heavy atom. The molecule has 0 aliphatic heterocycles. The molecule has 2 aliphatic carbocycles. The largest absolute Gasteiger partial charge is 0.399 e. The van der Waals surface area contributed by atoms with Crippen LogP contribution in [0.25, 0.3) is 0 Å². The van der Waals surface area contributed by atoms with E-state index in [2.05, 4.69) is 18.3 Å². The summed E-state index contributed by atoms with van der Waals surface area (Å²) in [6.07, 6.45) is 5.60. The molecule has 2 aliphatic rings. The molecule has 4 unspecified atom stereocenters. The summed E-state index contributed by atoms with van der Waals surface area (Å²) < 4.78 is 0. The smallest absolute Gasteiger partial charge is 0.101 e. The van der Waals surface area contributed by atoms with Crippen molar-refractivity contribution in [2.75, 3.05) is 11.1 Å². The van der Waals surface area contributed by atoms with E-state index in [1.54, 1.807) is 6.07 Å². The molecule has 3 heteroatoms. The summed E-state index contributed by atoms with van der Waals surface area (Å²) in [5.41, 5.74) is 7.95. The van der Waals surface area contributed by atoms with Crippen LogP contribution in [0.4, 0.5) is 11.4 Å². The molecule has 0 spiro atoms. The van der Waals surface area contributed by atoms with E-state index in [0.29, 0.717) is 17.3 Å². The number of hydrogen-bond donors (Lipinski definition) is 2. The predicted molar refractivity (Wildman–Crippen MR) is 77.6 cm³/mol. The van der Waals surface area contributed by atoms with Crippen molar-refractivity contribution >= 4 is 11.4 Å². The average Bonchev–Trinajstić information content (AvgIpc) is 3.03.